The van der Waals surface area contributed by atoms with E-state index in [9.17, 15) is 0 Å². The minimum absolute atomic E-state index is 0.517. The Morgan fingerprint density at radius 3 is 2.56 bits per heavy atom. The van der Waals surface area contributed by atoms with Gasteiger partial charge in [-0.15, -0.1) is 0 Å². The van der Waals surface area contributed by atoms with Gasteiger partial charge in [0.05, 0.1) is 4.99 Å². The molecule has 94 valence electrons. The summed E-state index contributed by atoms with van der Waals surface area (Å²) in [6, 6.07) is 0.517. The maximum atomic E-state index is 5.62. The van der Waals surface area contributed by atoms with Crippen molar-refractivity contribution in [2.75, 3.05) is 13.1 Å². The number of hydrogen-bond acceptors (Lipinski definition) is 2. The van der Waals surface area contributed by atoms with Crippen molar-refractivity contribution in [2.24, 2.45) is 17.6 Å². The summed E-state index contributed by atoms with van der Waals surface area (Å²) in [5.41, 5.74) is 5.62. The Morgan fingerprint density at radius 2 is 2.00 bits per heavy atom. The normalized spacial score (nSPS) is 25.4. The largest absolute Gasteiger partial charge is 0.393 e. The summed E-state index contributed by atoms with van der Waals surface area (Å²) in [6.07, 6.45) is 4.90. The quantitative estimate of drug-likeness (QED) is 0.769. The molecule has 0 radical (unpaired) electrons. The standard InChI is InChI=1S/C13H26N2S/c1-10(2)12-5-4-7-15(8-6-12)11(3)9-13(14)16/h10-12H,4-9H2,1-3H3,(H2,14,16). The van der Waals surface area contributed by atoms with Crippen LogP contribution >= 0.6 is 12.2 Å². The first-order valence-electron chi connectivity index (χ1n) is 6.53. The highest BCUT2D eigenvalue weighted by Crippen LogP contribution is 2.25. The predicted octanol–water partition coefficient (Wildman–Crippen LogP) is 2.81. The van der Waals surface area contributed by atoms with Crippen LogP contribution < -0.4 is 5.73 Å². The molecule has 0 aromatic rings. The van der Waals surface area contributed by atoms with Gasteiger partial charge in [-0.2, -0.15) is 0 Å². The third kappa shape index (κ3) is 4.38. The zero-order valence-corrected chi connectivity index (χ0v) is 11.7. The summed E-state index contributed by atoms with van der Waals surface area (Å²) in [4.78, 5) is 3.21. The molecule has 1 fully saturated rings. The molecule has 1 saturated heterocycles. The lowest BCUT2D eigenvalue weighted by Crippen LogP contribution is -2.36. The van der Waals surface area contributed by atoms with Crippen LogP contribution in [-0.4, -0.2) is 29.0 Å². The zero-order chi connectivity index (χ0) is 12.1. The molecule has 0 spiro atoms. The zero-order valence-electron chi connectivity index (χ0n) is 10.9. The van der Waals surface area contributed by atoms with Crippen molar-refractivity contribution in [3.63, 3.8) is 0 Å². The molecule has 1 aliphatic heterocycles. The van der Waals surface area contributed by atoms with Gasteiger partial charge < -0.3 is 10.6 Å². The summed E-state index contributed by atoms with van der Waals surface area (Å²) < 4.78 is 0. The van der Waals surface area contributed by atoms with E-state index in [1.807, 2.05) is 0 Å². The minimum atomic E-state index is 0.517. The molecule has 0 amide bonds. The van der Waals surface area contributed by atoms with Gasteiger partial charge in [0.25, 0.3) is 0 Å². The van der Waals surface area contributed by atoms with Gasteiger partial charge in [0.15, 0.2) is 0 Å². The van der Waals surface area contributed by atoms with Gasteiger partial charge in [-0.25, -0.2) is 0 Å². The highest BCUT2D eigenvalue weighted by molar-refractivity contribution is 7.80. The van der Waals surface area contributed by atoms with Gasteiger partial charge in [0, 0.05) is 12.5 Å². The number of thiocarbonyl (C=S) groups is 1. The van der Waals surface area contributed by atoms with Crippen LogP contribution in [0, 0.1) is 11.8 Å². The van der Waals surface area contributed by atoms with E-state index < -0.39 is 0 Å². The van der Waals surface area contributed by atoms with Crippen LogP contribution in [0.4, 0.5) is 0 Å². The Morgan fingerprint density at radius 1 is 1.31 bits per heavy atom. The first-order chi connectivity index (χ1) is 7.50. The lowest BCUT2D eigenvalue weighted by molar-refractivity contribution is 0.215. The lowest BCUT2D eigenvalue weighted by Gasteiger charge is -2.27. The van der Waals surface area contributed by atoms with E-state index in [0.717, 1.165) is 18.3 Å². The average Bonchev–Trinajstić information content (AvgIpc) is 2.41. The van der Waals surface area contributed by atoms with Crippen molar-refractivity contribution in [1.82, 2.24) is 4.90 Å². The van der Waals surface area contributed by atoms with Gasteiger partial charge in [-0.05, 0) is 51.1 Å². The average molecular weight is 242 g/mol. The summed E-state index contributed by atoms with van der Waals surface area (Å²) >= 11 is 4.99. The fraction of sp³-hybridized carbons (Fsp3) is 0.923. The number of hydrogen-bond donors (Lipinski definition) is 1. The van der Waals surface area contributed by atoms with Crippen molar-refractivity contribution >= 4 is 17.2 Å². The van der Waals surface area contributed by atoms with Crippen molar-refractivity contribution in [3.05, 3.63) is 0 Å². The minimum Gasteiger partial charge on any atom is -0.393 e. The highest BCUT2D eigenvalue weighted by Gasteiger charge is 2.22. The van der Waals surface area contributed by atoms with Gasteiger partial charge >= 0.3 is 0 Å². The smallest absolute Gasteiger partial charge is 0.0742 e. The van der Waals surface area contributed by atoms with E-state index in [1.165, 1.54) is 32.4 Å². The van der Waals surface area contributed by atoms with Gasteiger partial charge in [0.1, 0.15) is 0 Å². The molecule has 3 heteroatoms. The molecule has 2 N–H and O–H groups in total. The monoisotopic (exact) mass is 242 g/mol. The van der Waals surface area contributed by atoms with Crippen molar-refractivity contribution in [3.8, 4) is 0 Å². The topological polar surface area (TPSA) is 29.3 Å². The Hall–Kier alpha value is -0.150. The molecule has 1 rings (SSSR count). The van der Waals surface area contributed by atoms with Crippen molar-refractivity contribution in [2.45, 2.75) is 52.5 Å². The fourth-order valence-electron chi connectivity index (χ4n) is 2.67. The Bertz CT molecular complexity index is 228. The first kappa shape index (κ1) is 13.9. The van der Waals surface area contributed by atoms with Crippen LogP contribution in [0.15, 0.2) is 0 Å². The predicted molar refractivity (Wildman–Crippen MR) is 74.6 cm³/mol. The molecule has 2 unspecified atom stereocenters. The molecular weight excluding hydrogens is 216 g/mol. The second-order valence-corrected chi connectivity index (χ2v) is 6.01. The number of likely N-dealkylation sites (tertiary alicyclic amines) is 1. The van der Waals surface area contributed by atoms with Crippen molar-refractivity contribution in [1.29, 1.82) is 0 Å². The number of nitrogens with zero attached hydrogens (tertiary/aromatic N) is 1. The molecule has 1 aliphatic rings. The maximum Gasteiger partial charge on any atom is 0.0742 e. The van der Waals surface area contributed by atoms with E-state index in [1.54, 1.807) is 0 Å². The van der Waals surface area contributed by atoms with Crippen LogP contribution in [0.1, 0.15) is 46.5 Å². The number of rotatable bonds is 4. The Labute approximate surface area is 106 Å². The molecule has 2 nitrogen and oxygen atoms in total. The van der Waals surface area contributed by atoms with Crippen LogP contribution in [0.25, 0.3) is 0 Å². The van der Waals surface area contributed by atoms with Gasteiger partial charge in [0.2, 0.25) is 0 Å². The third-order valence-corrected chi connectivity index (χ3v) is 4.04. The molecule has 0 bridgehead atoms. The first-order valence-corrected chi connectivity index (χ1v) is 6.94. The Kier molecular flexibility index (Phi) is 5.70. The van der Waals surface area contributed by atoms with Crippen LogP contribution in [0.5, 0.6) is 0 Å². The number of nitrogens with two attached hydrogens (primary N) is 1. The van der Waals surface area contributed by atoms with E-state index in [0.29, 0.717) is 11.0 Å². The summed E-state index contributed by atoms with van der Waals surface area (Å²) in [6.45, 7) is 9.37. The Balaban J connectivity index is 2.43. The molecule has 16 heavy (non-hydrogen) atoms. The van der Waals surface area contributed by atoms with E-state index >= 15 is 0 Å². The summed E-state index contributed by atoms with van der Waals surface area (Å²) in [7, 11) is 0. The second-order valence-electron chi connectivity index (χ2n) is 5.49. The third-order valence-electron chi connectivity index (χ3n) is 3.87. The molecule has 1 heterocycles. The molecule has 0 aliphatic carbocycles. The van der Waals surface area contributed by atoms with E-state index in [4.69, 9.17) is 18.0 Å². The maximum absolute atomic E-state index is 5.62. The van der Waals surface area contributed by atoms with Gasteiger partial charge in [-0.3, -0.25) is 0 Å². The van der Waals surface area contributed by atoms with Crippen LogP contribution in [-0.2, 0) is 0 Å². The fourth-order valence-corrected chi connectivity index (χ4v) is 2.91. The van der Waals surface area contributed by atoms with Gasteiger partial charge in [-0.1, -0.05) is 26.1 Å². The lowest BCUT2D eigenvalue weighted by atomic mass is 9.89. The summed E-state index contributed by atoms with van der Waals surface area (Å²) in [5.74, 6) is 1.73. The highest BCUT2D eigenvalue weighted by atomic mass is 32.1. The summed E-state index contributed by atoms with van der Waals surface area (Å²) in [5, 5.41) is 0. The van der Waals surface area contributed by atoms with Crippen LogP contribution in [0.3, 0.4) is 0 Å². The molecule has 0 aromatic carbocycles. The molecular formula is C13H26N2S. The van der Waals surface area contributed by atoms with E-state index in [2.05, 4.69) is 25.7 Å². The van der Waals surface area contributed by atoms with Crippen LogP contribution in [0.2, 0.25) is 0 Å². The van der Waals surface area contributed by atoms with E-state index in [-0.39, 0.29) is 0 Å². The van der Waals surface area contributed by atoms with Crippen molar-refractivity contribution < 1.29 is 0 Å². The molecule has 0 saturated carbocycles. The molecule has 2 atom stereocenters. The molecule has 0 aromatic heterocycles. The SMILES string of the molecule is CC(C)C1CCCN(C(C)CC(N)=S)CC1. The second kappa shape index (κ2) is 6.55.